The average Bonchev–Trinajstić information content (AvgIpc) is 2.74. The molecule has 2 rings (SSSR count). The molecule has 0 radical (unpaired) electrons. The fraction of sp³-hybridized carbons (Fsp3) is 0.739. The molecule has 0 atom stereocenters. The molecular weight excluding hydrogens is 348 g/mol. The Kier molecular flexibility index (Phi) is 10.3. The van der Waals surface area contributed by atoms with E-state index in [9.17, 15) is 4.79 Å². The maximum Gasteiger partial charge on any atom is 0.236 e. The van der Waals surface area contributed by atoms with Gasteiger partial charge in [0.25, 0.3) is 0 Å². The minimum absolute atomic E-state index is 0.315. The van der Waals surface area contributed by atoms with Crippen molar-refractivity contribution in [3.8, 4) is 0 Å². The van der Waals surface area contributed by atoms with Crippen LogP contribution in [0.5, 0.6) is 0 Å². The molecule has 0 saturated carbocycles. The van der Waals surface area contributed by atoms with Crippen LogP contribution in [-0.4, -0.2) is 66.5 Å². The van der Waals surface area contributed by atoms with Gasteiger partial charge in [-0.3, -0.25) is 9.69 Å². The van der Waals surface area contributed by atoms with Gasteiger partial charge in [0.15, 0.2) is 0 Å². The second kappa shape index (κ2) is 12.8. The number of rotatable bonds is 12. The van der Waals surface area contributed by atoms with Crippen molar-refractivity contribution in [1.29, 1.82) is 0 Å². The molecule has 0 aliphatic carbocycles. The second-order valence-corrected chi connectivity index (χ2v) is 8.03. The van der Waals surface area contributed by atoms with Crippen molar-refractivity contribution >= 4 is 11.7 Å². The van der Waals surface area contributed by atoms with Crippen LogP contribution in [0.25, 0.3) is 0 Å². The third-order valence-corrected chi connectivity index (χ3v) is 5.83. The number of piperidine rings is 1. The molecule has 1 aromatic heterocycles. The highest BCUT2D eigenvalue weighted by Crippen LogP contribution is 2.22. The summed E-state index contributed by atoms with van der Waals surface area (Å²) in [6.07, 6.45) is 8.72. The first-order valence-electron chi connectivity index (χ1n) is 11.3. The summed E-state index contributed by atoms with van der Waals surface area (Å²) >= 11 is 0. The Bertz CT molecular complexity index is 535. The standard InChI is InChI=1S/C23H40N4O/c1-4-7-15-27(16-8-5-2)23(28)20-25(6-3)19-21-12-17-26(18-13-21)22-11-9-10-14-24-22/h9-11,14,21H,4-8,12-13,15-20H2,1-3H3. The van der Waals surface area contributed by atoms with Gasteiger partial charge in [-0.15, -0.1) is 0 Å². The van der Waals surface area contributed by atoms with Crippen molar-refractivity contribution in [1.82, 2.24) is 14.8 Å². The van der Waals surface area contributed by atoms with E-state index >= 15 is 0 Å². The number of nitrogens with zero attached hydrogens (tertiary/aromatic N) is 4. The van der Waals surface area contributed by atoms with E-state index in [1.807, 2.05) is 12.3 Å². The van der Waals surface area contributed by atoms with Crippen LogP contribution in [-0.2, 0) is 4.79 Å². The van der Waals surface area contributed by atoms with Gasteiger partial charge in [0.1, 0.15) is 5.82 Å². The van der Waals surface area contributed by atoms with Gasteiger partial charge in [0.05, 0.1) is 6.54 Å². The Hall–Kier alpha value is -1.62. The zero-order chi connectivity index (χ0) is 20.2. The number of aromatic nitrogens is 1. The van der Waals surface area contributed by atoms with E-state index in [1.165, 1.54) is 12.8 Å². The largest absolute Gasteiger partial charge is 0.357 e. The highest BCUT2D eigenvalue weighted by molar-refractivity contribution is 5.78. The molecule has 5 heteroatoms. The molecule has 2 heterocycles. The Morgan fingerprint density at radius 1 is 1.11 bits per heavy atom. The van der Waals surface area contributed by atoms with Gasteiger partial charge < -0.3 is 9.80 Å². The van der Waals surface area contributed by atoms with Gasteiger partial charge in [-0.2, -0.15) is 0 Å². The summed E-state index contributed by atoms with van der Waals surface area (Å²) in [6, 6.07) is 6.12. The molecule has 1 aromatic rings. The number of pyridine rings is 1. The Morgan fingerprint density at radius 2 is 1.79 bits per heavy atom. The molecule has 0 N–H and O–H groups in total. The maximum atomic E-state index is 12.9. The van der Waals surface area contributed by atoms with Gasteiger partial charge in [0.2, 0.25) is 5.91 Å². The minimum atomic E-state index is 0.315. The first kappa shape index (κ1) is 22.7. The van der Waals surface area contributed by atoms with Crippen molar-refractivity contribution in [2.24, 2.45) is 5.92 Å². The van der Waals surface area contributed by atoms with Crippen molar-refractivity contribution in [2.45, 2.75) is 59.3 Å². The lowest BCUT2D eigenvalue weighted by Crippen LogP contribution is -2.44. The second-order valence-electron chi connectivity index (χ2n) is 8.03. The van der Waals surface area contributed by atoms with Crippen LogP contribution < -0.4 is 4.90 Å². The third-order valence-electron chi connectivity index (χ3n) is 5.83. The number of likely N-dealkylation sites (N-methyl/N-ethyl adjacent to an activating group) is 1. The van der Waals surface area contributed by atoms with Gasteiger partial charge in [-0.1, -0.05) is 39.7 Å². The molecular formula is C23H40N4O. The Balaban J connectivity index is 1.80. The van der Waals surface area contributed by atoms with E-state index in [0.29, 0.717) is 18.4 Å². The zero-order valence-electron chi connectivity index (χ0n) is 18.3. The molecule has 158 valence electrons. The number of carbonyl (C=O) groups is 1. The lowest BCUT2D eigenvalue weighted by Gasteiger charge is -2.35. The van der Waals surface area contributed by atoms with Crippen LogP contribution in [0.4, 0.5) is 5.82 Å². The molecule has 1 amide bonds. The number of anilines is 1. The fourth-order valence-corrected chi connectivity index (χ4v) is 3.91. The highest BCUT2D eigenvalue weighted by Gasteiger charge is 2.23. The van der Waals surface area contributed by atoms with E-state index in [1.54, 1.807) is 0 Å². The lowest BCUT2D eigenvalue weighted by atomic mass is 9.96. The lowest BCUT2D eigenvalue weighted by molar-refractivity contribution is -0.132. The Morgan fingerprint density at radius 3 is 2.32 bits per heavy atom. The summed E-state index contributed by atoms with van der Waals surface area (Å²) in [4.78, 5) is 24.2. The molecule has 1 aliphatic heterocycles. The SMILES string of the molecule is CCCCN(CCCC)C(=O)CN(CC)CC1CCN(c2ccccn2)CC1. The molecule has 5 nitrogen and oxygen atoms in total. The molecule has 1 fully saturated rings. The zero-order valence-corrected chi connectivity index (χ0v) is 18.3. The maximum absolute atomic E-state index is 12.9. The third kappa shape index (κ3) is 7.42. The summed E-state index contributed by atoms with van der Waals surface area (Å²) in [6.45, 7) is 13.1. The quantitative estimate of drug-likeness (QED) is 0.542. The minimum Gasteiger partial charge on any atom is -0.357 e. The number of hydrogen-bond donors (Lipinski definition) is 0. The van der Waals surface area contributed by atoms with E-state index < -0.39 is 0 Å². The van der Waals surface area contributed by atoms with Crippen LogP contribution in [0.2, 0.25) is 0 Å². The van der Waals surface area contributed by atoms with E-state index in [2.05, 4.69) is 52.6 Å². The highest BCUT2D eigenvalue weighted by atomic mass is 16.2. The normalized spacial score (nSPS) is 15.2. The van der Waals surface area contributed by atoms with E-state index in [4.69, 9.17) is 0 Å². The molecule has 1 saturated heterocycles. The molecule has 1 aliphatic rings. The van der Waals surface area contributed by atoms with E-state index in [0.717, 1.165) is 70.8 Å². The molecule has 0 aromatic carbocycles. The van der Waals surface area contributed by atoms with Crippen molar-refractivity contribution in [3.63, 3.8) is 0 Å². The predicted octanol–water partition coefficient (Wildman–Crippen LogP) is 4.05. The first-order valence-corrected chi connectivity index (χ1v) is 11.3. The smallest absolute Gasteiger partial charge is 0.236 e. The van der Waals surface area contributed by atoms with Gasteiger partial charge in [-0.25, -0.2) is 4.98 Å². The molecule has 28 heavy (non-hydrogen) atoms. The van der Waals surface area contributed by atoms with Crippen LogP contribution in [0.1, 0.15) is 59.3 Å². The summed E-state index contributed by atoms with van der Waals surface area (Å²) < 4.78 is 0. The van der Waals surface area contributed by atoms with Gasteiger partial charge in [0, 0.05) is 38.9 Å². The van der Waals surface area contributed by atoms with Crippen LogP contribution >= 0.6 is 0 Å². The molecule has 0 bridgehead atoms. The number of hydrogen-bond acceptors (Lipinski definition) is 4. The first-order chi connectivity index (χ1) is 13.7. The van der Waals surface area contributed by atoms with Crippen LogP contribution in [0.3, 0.4) is 0 Å². The Labute approximate surface area is 172 Å². The van der Waals surface area contributed by atoms with E-state index in [-0.39, 0.29) is 0 Å². The molecule has 0 spiro atoms. The number of amides is 1. The van der Waals surface area contributed by atoms with Crippen molar-refractivity contribution in [2.75, 3.05) is 50.7 Å². The number of unbranched alkanes of at least 4 members (excludes halogenated alkanes) is 2. The van der Waals surface area contributed by atoms with Gasteiger partial charge >= 0.3 is 0 Å². The predicted molar refractivity (Wildman–Crippen MR) is 118 cm³/mol. The van der Waals surface area contributed by atoms with Crippen molar-refractivity contribution in [3.05, 3.63) is 24.4 Å². The topological polar surface area (TPSA) is 39.7 Å². The summed E-state index contributed by atoms with van der Waals surface area (Å²) in [5, 5.41) is 0. The monoisotopic (exact) mass is 388 g/mol. The van der Waals surface area contributed by atoms with Gasteiger partial charge in [-0.05, 0) is 50.3 Å². The summed E-state index contributed by atoms with van der Waals surface area (Å²) in [5.74, 6) is 2.08. The average molecular weight is 389 g/mol. The molecule has 0 unspecified atom stereocenters. The summed E-state index contributed by atoms with van der Waals surface area (Å²) in [7, 11) is 0. The summed E-state index contributed by atoms with van der Waals surface area (Å²) in [5.41, 5.74) is 0. The van der Waals surface area contributed by atoms with Crippen molar-refractivity contribution < 1.29 is 4.79 Å². The number of carbonyl (C=O) groups excluding carboxylic acids is 1. The fourth-order valence-electron chi connectivity index (χ4n) is 3.91. The van der Waals surface area contributed by atoms with Crippen LogP contribution in [0, 0.1) is 5.92 Å². The van der Waals surface area contributed by atoms with Crippen LogP contribution in [0.15, 0.2) is 24.4 Å².